The van der Waals surface area contributed by atoms with E-state index in [2.05, 4.69) is 15.1 Å². The van der Waals surface area contributed by atoms with Crippen LogP contribution in [0.1, 0.15) is 10.4 Å². The van der Waals surface area contributed by atoms with Gasteiger partial charge in [-0.25, -0.2) is 14.1 Å². The van der Waals surface area contributed by atoms with Gasteiger partial charge in [0, 0.05) is 6.20 Å². The Labute approximate surface area is 93.9 Å². The van der Waals surface area contributed by atoms with Crippen molar-refractivity contribution in [2.24, 2.45) is 5.73 Å². The summed E-state index contributed by atoms with van der Waals surface area (Å²) in [6.45, 7) is 0. The van der Waals surface area contributed by atoms with E-state index in [1.807, 2.05) is 0 Å². The number of primary amides is 1. The van der Waals surface area contributed by atoms with E-state index >= 15 is 0 Å². The van der Waals surface area contributed by atoms with Crippen molar-refractivity contribution in [3.8, 4) is 5.82 Å². The first-order valence-electron chi connectivity index (χ1n) is 4.11. The summed E-state index contributed by atoms with van der Waals surface area (Å²) in [6.07, 6.45) is 3.37. The first-order valence-corrected chi connectivity index (χ1v) is 4.48. The predicted molar refractivity (Wildman–Crippen MR) is 52.6 cm³/mol. The van der Waals surface area contributed by atoms with E-state index in [-0.39, 0.29) is 16.7 Å². The summed E-state index contributed by atoms with van der Waals surface area (Å²) in [4.78, 5) is 17.9. The van der Waals surface area contributed by atoms with Crippen molar-refractivity contribution in [3.05, 3.63) is 35.3 Å². The van der Waals surface area contributed by atoms with E-state index in [1.165, 1.54) is 12.4 Å². The molecule has 2 N–H and O–H groups in total. The molecule has 2 aromatic heterocycles. The van der Waals surface area contributed by atoms with Crippen molar-refractivity contribution >= 4 is 17.5 Å². The molecule has 0 bridgehead atoms. The van der Waals surface area contributed by atoms with Crippen LogP contribution in [0.5, 0.6) is 0 Å². The molecule has 0 radical (unpaired) electrons. The molecule has 82 valence electrons. The zero-order chi connectivity index (χ0) is 11.7. The first-order chi connectivity index (χ1) is 7.58. The summed E-state index contributed by atoms with van der Waals surface area (Å²) < 4.78 is 14.4. The van der Waals surface area contributed by atoms with Gasteiger partial charge in [0.05, 0.1) is 18.0 Å². The molecule has 0 unspecified atom stereocenters. The van der Waals surface area contributed by atoms with E-state index in [0.717, 1.165) is 10.9 Å². The minimum Gasteiger partial charge on any atom is -0.366 e. The molecule has 0 aliphatic rings. The van der Waals surface area contributed by atoms with Crippen LogP contribution in [0, 0.1) is 5.82 Å². The molecule has 2 rings (SSSR count). The molecule has 0 aliphatic carbocycles. The van der Waals surface area contributed by atoms with Gasteiger partial charge in [0.1, 0.15) is 0 Å². The molecule has 0 saturated carbocycles. The predicted octanol–water partition coefficient (Wildman–Crippen LogP) is 0.554. The number of carbonyl (C=O) groups is 1. The van der Waals surface area contributed by atoms with Crippen LogP contribution in [0.3, 0.4) is 0 Å². The highest BCUT2D eigenvalue weighted by Gasteiger charge is 2.11. The Morgan fingerprint density at radius 3 is 2.88 bits per heavy atom. The number of hydrogen-bond acceptors (Lipinski definition) is 4. The molecule has 6 nitrogen and oxygen atoms in total. The molecule has 1 amide bonds. The Hall–Kier alpha value is -2.02. The summed E-state index contributed by atoms with van der Waals surface area (Å²) in [5.74, 6) is -1.51. The van der Waals surface area contributed by atoms with Gasteiger partial charge in [-0.3, -0.25) is 4.79 Å². The lowest BCUT2D eigenvalue weighted by molar-refractivity contribution is 0.100. The molecule has 0 atom stereocenters. The summed E-state index contributed by atoms with van der Waals surface area (Å²) in [6, 6.07) is 0. The van der Waals surface area contributed by atoms with Gasteiger partial charge in [-0.05, 0) is 11.6 Å². The van der Waals surface area contributed by atoms with Gasteiger partial charge in [-0.1, -0.05) is 0 Å². The van der Waals surface area contributed by atoms with E-state index in [1.54, 1.807) is 0 Å². The van der Waals surface area contributed by atoms with Gasteiger partial charge < -0.3 is 5.73 Å². The number of aromatic nitrogens is 4. The maximum Gasteiger partial charge on any atom is 0.251 e. The summed E-state index contributed by atoms with van der Waals surface area (Å²) in [5.41, 5.74) is 5.18. The van der Waals surface area contributed by atoms with Crippen LogP contribution in [0.15, 0.2) is 18.6 Å². The van der Waals surface area contributed by atoms with Gasteiger partial charge in [0.25, 0.3) is 5.91 Å². The molecule has 0 spiro atoms. The fourth-order valence-electron chi connectivity index (χ4n) is 1.06. The number of amides is 1. The molecule has 8 heteroatoms. The number of carbonyl (C=O) groups excluding carboxylic acids is 1. The van der Waals surface area contributed by atoms with Gasteiger partial charge in [-0.15, -0.1) is 0 Å². The molecule has 16 heavy (non-hydrogen) atoms. The molecule has 0 aromatic carbocycles. The zero-order valence-electron chi connectivity index (χ0n) is 7.76. The number of nitrogens with zero attached hydrogens (tertiary/aromatic N) is 4. The molecule has 2 aromatic rings. The van der Waals surface area contributed by atoms with E-state index in [9.17, 15) is 9.18 Å². The van der Waals surface area contributed by atoms with E-state index in [0.29, 0.717) is 0 Å². The minimum atomic E-state index is -0.705. The van der Waals surface area contributed by atoms with Crippen LogP contribution in [0.4, 0.5) is 4.39 Å². The van der Waals surface area contributed by atoms with Gasteiger partial charge in [0.15, 0.2) is 11.6 Å². The summed E-state index contributed by atoms with van der Waals surface area (Å²) in [5, 5.41) is 3.62. The van der Waals surface area contributed by atoms with E-state index < -0.39 is 11.7 Å². The summed E-state index contributed by atoms with van der Waals surface area (Å²) in [7, 11) is 0. The van der Waals surface area contributed by atoms with Crippen molar-refractivity contribution < 1.29 is 9.18 Å². The second kappa shape index (κ2) is 3.86. The Balaban J connectivity index is 2.50. The number of nitrogens with two attached hydrogens (primary N) is 1. The van der Waals surface area contributed by atoms with Crippen LogP contribution in [-0.4, -0.2) is 25.7 Å². The minimum absolute atomic E-state index is 0.118. The van der Waals surface area contributed by atoms with Crippen LogP contribution < -0.4 is 5.73 Å². The van der Waals surface area contributed by atoms with Crippen molar-refractivity contribution in [1.82, 2.24) is 19.7 Å². The van der Waals surface area contributed by atoms with Crippen molar-refractivity contribution in [2.45, 2.75) is 0 Å². The number of hydrogen-bond donors (Lipinski definition) is 1. The van der Waals surface area contributed by atoms with E-state index in [4.69, 9.17) is 17.3 Å². The molecule has 0 fully saturated rings. The molecular weight excluding hydrogens is 237 g/mol. The summed E-state index contributed by atoms with van der Waals surface area (Å²) >= 11 is 5.51. The number of rotatable bonds is 2. The highest BCUT2D eigenvalue weighted by Crippen LogP contribution is 2.11. The Kier molecular flexibility index (Phi) is 2.53. The molecule has 2 heterocycles. The first kappa shape index (κ1) is 10.5. The van der Waals surface area contributed by atoms with Crippen molar-refractivity contribution in [3.63, 3.8) is 0 Å². The lowest BCUT2D eigenvalue weighted by Crippen LogP contribution is -2.09. The van der Waals surface area contributed by atoms with Gasteiger partial charge in [-0.2, -0.15) is 10.1 Å². The quantitative estimate of drug-likeness (QED) is 0.778. The van der Waals surface area contributed by atoms with Crippen LogP contribution in [0.25, 0.3) is 5.82 Å². The van der Waals surface area contributed by atoms with Gasteiger partial charge in [0.2, 0.25) is 5.28 Å². The van der Waals surface area contributed by atoms with Crippen LogP contribution in [0.2, 0.25) is 5.28 Å². The Morgan fingerprint density at radius 2 is 2.25 bits per heavy atom. The fraction of sp³-hybridized carbons (Fsp3) is 0. The second-order valence-corrected chi connectivity index (χ2v) is 3.19. The standard InChI is InChI=1S/C8H5ClFN5O/c9-8-12-2-5(10)7(14-8)15-3-4(1-13-15)6(11)16/h1-3H,(H2,11,16). The highest BCUT2D eigenvalue weighted by atomic mass is 35.5. The third-order valence-corrected chi connectivity index (χ3v) is 1.96. The monoisotopic (exact) mass is 241 g/mol. The maximum absolute atomic E-state index is 13.3. The second-order valence-electron chi connectivity index (χ2n) is 2.85. The molecular formula is C8H5ClFN5O. The van der Waals surface area contributed by atoms with Crippen molar-refractivity contribution in [2.75, 3.05) is 0 Å². The lowest BCUT2D eigenvalue weighted by Gasteiger charge is -2.00. The average Bonchev–Trinajstić information content (AvgIpc) is 2.70. The average molecular weight is 242 g/mol. The third-order valence-electron chi connectivity index (χ3n) is 1.78. The zero-order valence-corrected chi connectivity index (χ0v) is 8.52. The highest BCUT2D eigenvalue weighted by molar-refractivity contribution is 6.28. The lowest BCUT2D eigenvalue weighted by atomic mass is 10.3. The Bertz CT molecular complexity index is 555. The maximum atomic E-state index is 13.3. The number of halogens is 2. The SMILES string of the molecule is NC(=O)c1cnn(-c2nc(Cl)ncc2F)c1. The van der Waals surface area contributed by atoms with Crippen LogP contribution in [-0.2, 0) is 0 Å². The Morgan fingerprint density at radius 1 is 1.50 bits per heavy atom. The normalized spacial score (nSPS) is 10.4. The third kappa shape index (κ3) is 1.84. The van der Waals surface area contributed by atoms with Crippen molar-refractivity contribution in [1.29, 1.82) is 0 Å². The topological polar surface area (TPSA) is 86.7 Å². The molecule has 0 aliphatic heterocycles. The smallest absolute Gasteiger partial charge is 0.251 e. The fourth-order valence-corrected chi connectivity index (χ4v) is 1.19. The molecule has 0 saturated heterocycles. The largest absolute Gasteiger partial charge is 0.366 e. The van der Waals surface area contributed by atoms with Crippen LogP contribution >= 0.6 is 11.6 Å². The van der Waals surface area contributed by atoms with Gasteiger partial charge >= 0.3 is 0 Å².